The van der Waals surface area contributed by atoms with Gasteiger partial charge in [-0.15, -0.1) is 4.83 Å². The van der Waals surface area contributed by atoms with Crippen molar-refractivity contribution in [2.75, 3.05) is 0 Å². The Morgan fingerprint density at radius 3 is 2.59 bits per heavy atom. The van der Waals surface area contributed by atoms with Crippen molar-refractivity contribution < 1.29 is 21.6 Å². The van der Waals surface area contributed by atoms with Gasteiger partial charge in [0.1, 0.15) is 5.82 Å². The molecule has 0 saturated heterocycles. The fraction of sp³-hybridized carbons (Fsp3) is 0.143. The standard InChI is InChI=1S/C7H10FN3O4S2/c8-7-3-6(2-1-5(7)4-9)17(14,15)11-10-16(12)13/h1-3,10-11H,4,9H2,(H,12,13)/p-1. The molecule has 0 saturated carbocycles. The summed E-state index contributed by atoms with van der Waals surface area (Å²) in [7, 11) is -4.14. The van der Waals surface area contributed by atoms with Crippen molar-refractivity contribution in [3.8, 4) is 0 Å². The summed E-state index contributed by atoms with van der Waals surface area (Å²) < 4.78 is 56.4. The lowest BCUT2D eigenvalue weighted by atomic mass is 10.2. The van der Waals surface area contributed by atoms with E-state index in [1.54, 1.807) is 4.83 Å². The molecule has 1 unspecified atom stereocenters. The molecule has 0 radical (unpaired) electrons. The maximum absolute atomic E-state index is 13.3. The number of sulfonamides is 1. The van der Waals surface area contributed by atoms with Gasteiger partial charge in [-0.1, -0.05) is 6.07 Å². The second-order valence-corrected chi connectivity index (χ2v) is 5.26. The van der Waals surface area contributed by atoms with E-state index in [1.807, 2.05) is 0 Å². The minimum Gasteiger partial charge on any atom is -0.759 e. The van der Waals surface area contributed by atoms with Crippen LogP contribution in [-0.4, -0.2) is 17.2 Å². The Bertz CT molecular complexity index is 534. The lowest BCUT2D eigenvalue weighted by Crippen LogP contribution is -2.38. The molecule has 1 atom stereocenters. The average molecular weight is 282 g/mol. The van der Waals surface area contributed by atoms with Crippen LogP contribution in [0.2, 0.25) is 0 Å². The molecule has 4 N–H and O–H groups in total. The Balaban J connectivity index is 2.99. The quantitative estimate of drug-likeness (QED) is 0.465. The highest BCUT2D eigenvalue weighted by atomic mass is 32.2. The van der Waals surface area contributed by atoms with E-state index in [0.717, 1.165) is 12.1 Å². The molecule has 1 aromatic carbocycles. The number of nitrogens with two attached hydrogens (primary N) is 1. The van der Waals surface area contributed by atoms with Crippen LogP contribution in [0.5, 0.6) is 0 Å². The topological polar surface area (TPSA) is 124 Å². The van der Waals surface area contributed by atoms with Gasteiger partial charge < -0.3 is 10.3 Å². The zero-order valence-electron chi connectivity index (χ0n) is 8.34. The van der Waals surface area contributed by atoms with Crippen LogP contribution in [0, 0.1) is 5.82 Å². The number of benzene rings is 1. The van der Waals surface area contributed by atoms with Crippen LogP contribution in [-0.2, 0) is 27.8 Å². The molecule has 0 amide bonds. The molecule has 0 bridgehead atoms. The van der Waals surface area contributed by atoms with Gasteiger partial charge in [0.15, 0.2) is 0 Å². The first-order valence-corrected chi connectivity index (χ1v) is 6.78. The molecule has 0 aromatic heterocycles. The Morgan fingerprint density at radius 1 is 1.47 bits per heavy atom. The third kappa shape index (κ3) is 3.80. The van der Waals surface area contributed by atoms with Gasteiger partial charge in [-0.2, -0.15) is 4.83 Å². The SMILES string of the molecule is NCc1ccc(S(=O)(=O)NNS(=O)[O-])cc1F. The van der Waals surface area contributed by atoms with Crippen LogP contribution in [0.1, 0.15) is 5.56 Å². The zero-order chi connectivity index (χ0) is 13.1. The summed E-state index contributed by atoms with van der Waals surface area (Å²) in [4.78, 5) is 2.60. The number of hydrogen-bond acceptors (Lipinski definition) is 5. The molecule has 96 valence electrons. The number of rotatable bonds is 5. The van der Waals surface area contributed by atoms with Crippen molar-refractivity contribution in [2.24, 2.45) is 5.73 Å². The van der Waals surface area contributed by atoms with Crippen molar-refractivity contribution >= 4 is 21.3 Å². The molecule has 17 heavy (non-hydrogen) atoms. The summed E-state index contributed by atoms with van der Waals surface area (Å²) in [6.45, 7) is -0.0670. The van der Waals surface area contributed by atoms with E-state index in [-0.39, 0.29) is 12.1 Å². The summed E-state index contributed by atoms with van der Waals surface area (Å²) in [6, 6.07) is 3.07. The van der Waals surface area contributed by atoms with Gasteiger partial charge in [-0.3, -0.25) is 4.21 Å². The van der Waals surface area contributed by atoms with Crippen LogP contribution in [0.4, 0.5) is 4.39 Å². The number of halogens is 1. The van der Waals surface area contributed by atoms with Crippen LogP contribution in [0.25, 0.3) is 0 Å². The lowest BCUT2D eigenvalue weighted by molar-refractivity contribution is 0.514. The zero-order valence-corrected chi connectivity index (χ0v) is 9.98. The number of nitrogens with one attached hydrogen (secondary N) is 2. The van der Waals surface area contributed by atoms with Gasteiger partial charge in [0.05, 0.1) is 4.90 Å². The monoisotopic (exact) mass is 282 g/mol. The first kappa shape index (κ1) is 14.2. The van der Waals surface area contributed by atoms with Crippen molar-refractivity contribution in [1.82, 2.24) is 9.66 Å². The van der Waals surface area contributed by atoms with E-state index in [4.69, 9.17) is 5.73 Å². The van der Waals surface area contributed by atoms with E-state index in [0.29, 0.717) is 0 Å². The van der Waals surface area contributed by atoms with Crippen molar-refractivity contribution in [3.63, 3.8) is 0 Å². The summed E-state index contributed by atoms with van der Waals surface area (Å²) in [6.07, 6.45) is 0. The molecule has 0 spiro atoms. The molecule has 1 aromatic rings. The Labute approximate surface area is 99.6 Å². The van der Waals surface area contributed by atoms with E-state index in [9.17, 15) is 21.6 Å². The Kier molecular flexibility index (Phi) is 4.68. The lowest BCUT2D eigenvalue weighted by Gasteiger charge is -2.10. The summed E-state index contributed by atoms with van der Waals surface area (Å²) in [5, 5.41) is 0. The highest BCUT2D eigenvalue weighted by molar-refractivity contribution is 7.90. The highest BCUT2D eigenvalue weighted by Gasteiger charge is 2.15. The van der Waals surface area contributed by atoms with Crippen LogP contribution in [0.3, 0.4) is 0 Å². The normalized spacial score (nSPS) is 13.6. The maximum Gasteiger partial charge on any atom is 0.254 e. The van der Waals surface area contributed by atoms with Gasteiger partial charge in [-0.05, 0) is 12.1 Å². The van der Waals surface area contributed by atoms with Gasteiger partial charge in [0.2, 0.25) is 0 Å². The summed E-state index contributed by atoms with van der Waals surface area (Å²) in [5.41, 5.74) is 5.37. The smallest absolute Gasteiger partial charge is 0.254 e. The van der Waals surface area contributed by atoms with Gasteiger partial charge in [-0.25, -0.2) is 12.8 Å². The predicted molar refractivity (Wildman–Crippen MR) is 56.7 cm³/mol. The first-order chi connectivity index (χ1) is 7.86. The average Bonchev–Trinajstić information content (AvgIpc) is 2.26. The van der Waals surface area contributed by atoms with Gasteiger partial charge in [0.25, 0.3) is 10.0 Å². The van der Waals surface area contributed by atoms with E-state index in [2.05, 4.69) is 0 Å². The van der Waals surface area contributed by atoms with Crippen LogP contribution < -0.4 is 15.4 Å². The predicted octanol–water partition coefficient (Wildman–Crippen LogP) is -1.14. The van der Waals surface area contributed by atoms with Crippen LogP contribution in [0.15, 0.2) is 23.1 Å². The molecule has 0 aliphatic heterocycles. The van der Waals surface area contributed by atoms with E-state index < -0.39 is 32.0 Å². The van der Waals surface area contributed by atoms with Gasteiger partial charge >= 0.3 is 0 Å². The molecule has 10 heteroatoms. The third-order valence-electron chi connectivity index (χ3n) is 1.81. The van der Waals surface area contributed by atoms with Crippen molar-refractivity contribution in [1.29, 1.82) is 0 Å². The molecule has 0 heterocycles. The van der Waals surface area contributed by atoms with E-state index >= 15 is 0 Å². The Morgan fingerprint density at radius 2 is 2.12 bits per heavy atom. The minimum absolute atomic E-state index is 0.0670. The number of hydrogen-bond donors (Lipinski definition) is 3. The molecular formula is C7H9FN3O4S2-. The van der Waals surface area contributed by atoms with Gasteiger partial charge in [0, 0.05) is 23.4 Å². The molecule has 0 aliphatic carbocycles. The Hall–Kier alpha value is -0.910. The van der Waals surface area contributed by atoms with E-state index in [1.165, 1.54) is 10.9 Å². The maximum atomic E-state index is 13.3. The molecular weight excluding hydrogens is 273 g/mol. The molecule has 7 nitrogen and oxygen atoms in total. The largest absolute Gasteiger partial charge is 0.759 e. The third-order valence-corrected chi connectivity index (χ3v) is 3.46. The number of hydrazine groups is 1. The molecule has 0 fully saturated rings. The highest BCUT2D eigenvalue weighted by Crippen LogP contribution is 2.13. The summed E-state index contributed by atoms with van der Waals surface area (Å²) in [5.74, 6) is -0.779. The fourth-order valence-electron chi connectivity index (χ4n) is 1.01. The second-order valence-electron chi connectivity index (χ2n) is 2.90. The summed E-state index contributed by atoms with van der Waals surface area (Å²) >= 11 is -2.80. The first-order valence-electron chi connectivity index (χ1n) is 4.22. The second kappa shape index (κ2) is 5.62. The minimum atomic E-state index is -4.14. The fourth-order valence-corrected chi connectivity index (χ4v) is 2.34. The van der Waals surface area contributed by atoms with Crippen molar-refractivity contribution in [2.45, 2.75) is 11.4 Å². The van der Waals surface area contributed by atoms with Crippen molar-refractivity contribution in [3.05, 3.63) is 29.6 Å². The van der Waals surface area contributed by atoms with Crippen LogP contribution >= 0.6 is 0 Å². The molecule has 1 rings (SSSR count). The molecule has 0 aliphatic rings.